The zero-order chi connectivity index (χ0) is 17.4. The molecule has 126 valence electrons. The first kappa shape index (κ1) is 16.4. The predicted octanol–water partition coefficient (Wildman–Crippen LogP) is 0.693. The first-order valence-corrected chi connectivity index (χ1v) is 8.38. The van der Waals surface area contributed by atoms with E-state index in [0.717, 1.165) is 0 Å². The van der Waals surface area contributed by atoms with Crippen molar-refractivity contribution in [2.75, 3.05) is 5.75 Å². The summed E-state index contributed by atoms with van der Waals surface area (Å²) >= 11 is 1.44. The fourth-order valence-corrected chi connectivity index (χ4v) is 4.09. The van der Waals surface area contributed by atoms with Crippen LogP contribution in [0.1, 0.15) is 12.5 Å². The van der Waals surface area contributed by atoms with E-state index in [2.05, 4.69) is 5.32 Å². The van der Waals surface area contributed by atoms with E-state index in [1.54, 1.807) is 19.1 Å². The van der Waals surface area contributed by atoms with Gasteiger partial charge in [-0.15, -0.1) is 11.8 Å². The molecule has 0 saturated carbocycles. The standard InChI is InChI=1S/C16H16N2O5S/c1-8-7-24-15-12(14(21)18(15)13(8)16(22)23)17-11(20)6-9-2-4-10(19)5-3-9/h2-5,12,15,19H,6-7H2,1H3,(H,17,20)(H,22,23)/t12?,15-/m1/s1. The highest BCUT2D eigenvalue weighted by atomic mass is 32.2. The summed E-state index contributed by atoms with van der Waals surface area (Å²) in [6, 6.07) is 5.54. The topological polar surface area (TPSA) is 107 Å². The van der Waals surface area contributed by atoms with Crippen molar-refractivity contribution < 1.29 is 24.6 Å². The highest BCUT2D eigenvalue weighted by Crippen LogP contribution is 2.40. The molecule has 0 bridgehead atoms. The normalized spacial score (nSPS) is 22.7. The molecule has 0 radical (unpaired) electrons. The zero-order valence-corrected chi connectivity index (χ0v) is 13.7. The molecule has 2 aliphatic heterocycles. The molecule has 1 unspecified atom stereocenters. The van der Waals surface area contributed by atoms with E-state index < -0.39 is 17.9 Å². The number of β-lactam (4-membered cyclic amide) rings is 1. The second-order valence-electron chi connectivity index (χ2n) is 5.73. The number of aliphatic carboxylic acids is 1. The number of carboxylic acid groups (broad SMARTS) is 1. The monoisotopic (exact) mass is 348 g/mol. The van der Waals surface area contributed by atoms with E-state index in [0.29, 0.717) is 16.9 Å². The first-order chi connectivity index (χ1) is 11.4. The van der Waals surface area contributed by atoms with Gasteiger partial charge in [-0.1, -0.05) is 12.1 Å². The van der Waals surface area contributed by atoms with Crippen molar-refractivity contribution >= 4 is 29.5 Å². The molecule has 7 nitrogen and oxygen atoms in total. The van der Waals surface area contributed by atoms with Gasteiger partial charge in [0.25, 0.3) is 5.91 Å². The molecule has 3 N–H and O–H groups in total. The molecule has 24 heavy (non-hydrogen) atoms. The van der Waals surface area contributed by atoms with Gasteiger partial charge in [-0.3, -0.25) is 14.5 Å². The number of phenolic OH excluding ortho intramolecular Hbond substituents is 1. The number of carboxylic acids is 1. The van der Waals surface area contributed by atoms with Gasteiger partial charge in [0.15, 0.2) is 0 Å². The quantitative estimate of drug-likeness (QED) is 0.691. The van der Waals surface area contributed by atoms with E-state index in [1.165, 1.54) is 28.8 Å². The second kappa shape index (κ2) is 6.20. The Labute approximate surface area is 142 Å². The molecule has 0 aliphatic carbocycles. The molecule has 3 rings (SSSR count). The van der Waals surface area contributed by atoms with Gasteiger partial charge < -0.3 is 15.5 Å². The number of phenols is 1. The third-order valence-electron chi connectivity index (χ3n) is 3.98. The SMILES string of the molecule is CC1=C(C(=O)O)N2C(=O)C(NC(=O)Cc3ccc(O)cc3)[C@H]2SC1. The Kier molecular flexibility index (Phi) is 4.23. The number of fused-ring (bicyclic) bond motifs is 1. The summed E-state index contributed by atoms with van der Waals surface area (Å²) in [7, 11) is 0. The molecule has 0 spiro atoms. The maximum absolute atomic E-state index is 12.3. The third-order valence-corrected chi connectivity index (χ3v) is 5.40. The minimum atomic E-state index is -1.12. The van der Waals surface area contributed by atoms with Crippen LogP contribution in [0.4, 0.5) is 0 Å². The van der Waals surface area contributed by atoms with Gasteiger partial charge in [-0.25, -0.2) is 4.79 Å². The van der Waals surface area contributed by atoms with Gasteiger partial charge in [0.2, 0.25) is 5.91 Å². The van der Waals surface area contributed by atoms with E-state index in [1.807, 2.05) is 0 Å². The van der Waals surface area contributed by atoms with Gasteiger partial charge in [0.05, 0.1) is 6.42 Å². The van der Waals surface area contributed by atoms with Crippen LogP contribution in [0.2, 0.25) is 0 Å². The number of amides is 2. The summed E-state index contributed by atoms with van der Waals surface area (Å²) in [5, 5.41) is 20.8. The third kappa shape index (κ3) is 2.84. The predicted molar refractivity (Wildman–Crippen MR) is 87.2 cm³/mol. The highest BCUT2D eigenvalue weighted by Gasteiger charge is 2.53. The summed E-state index contributed by atoms with van der Waals surface area (Å²) in [6.07, 6.45) is 0.0854. The van der Waals surface area contributed by atoms with Crippen LogP contribution in [0.3, 0.4) is 0 Å². The van der Waals surface area contributed by atoms with Gasteiger partial charge in [0.1, 0.15) is 22.9 Å². The maximum atomic E-state index is 12.3. The van der Waals surface area contributed by atoms with Crippen molar-refractivity contribution in [2.45, 2.75) is 24.8 Å². The van der Waals surface area contributed by atoms with Crippen LogP contribution in [0, 0.1) is 0 Å². The Morgan fingerprint density at radius 2 is 2.00 bits per heavy atom. The Hall–Kier alpha value is -2.48. The number of nitrogens with zero attached hydrogens (tertiary/aromatic N) is 1. The van der Waals surface area contributed by atoms with Gasteiger partial charge in [-0.2, -0.15) is 0 Å². The van der Waals surface area contributed by atoms with Crippen LogP contribution in [0.5, 0.6) is 5.75 Å². The van der Waals surface area contributed by atoms with Crippen LogP contribution < -0.4 is 5.32 Å². The molecular weight excluding hydrogens is 332 g/mol. The van der Waals surface area contributed by atoms with E-state index in [4.69, 9.17) is 0 Å². The fourth-order valence-electron chi connectivity index (χ4n) is 2.80. The number of rotatable bonds is 4. The van der Waals surface area contributed by atoms with Crippen molar-refractivity contribution in [3.63, 3.8) is 0 Å². The molecule has 2 amide bonds. The Morgan fingerprint density at radius 1 is 1.33 bits per heavy atom. The molecule has 2 aliphatic rings. The number of hydrogen-bond acceptors (Lipinski definition) is 5. The number of aromatic hydroxyl groups is 1. The van der Waals surface area contributed by atoms with Crippen LogP contribution in [0.25, 0.3) is 0 Å². The van der Waals surface area contributed by atoms with Crippen molar-refractivity contribution in [3.05, 3.63) is 41.1 Å². The summed E-state index contributed by atoms with van der Waals surface area (Å²) < 4.78 is 0. The summed E-state index contributed by atoms with van der Waals surface area (Å²) in [5.41, 5.74) is 1.38. The molecule has 2 heterocycles. The zero-order valence-electron chi connectivity index (χ0n) is 12.9. The number of thioether (sulfide) groups is 1. The minimum Gasteiger partial charge on any atom is -0.508 e. The highest BCUT2D eigenvalue weighted by molar-refractivity contribution is 8.00. The molecular formula is C16H16N2O5S. The number of hydrogen-bond donors (Lipinski definition) is 3. The van der Waals surface area contributed by atoms with E-state index in [-0.39, 0.29) is 29.1 Å². The fraction of sp³-hybridized carbons (Fsp3) is 0.312. The number of carbonyl (C=O) groups excluding carboxylic acids is 2. The molecule has 1 fully saturated rings. The maximum Gasteiger partial charge on any atom is 0.352 e. The number of carbonyl (C=O) groups is 3. The smallest absolute Gasteiger partial charge is 0.352 e. The molecule has 1 saturated heterocycles. The summed E-state index contributed by atoms with van der Waals surface area (Å²) in [6.45, 7) is 1.69. The average molecular weight is 348 g/mol. The van der Waals surface area contributed by atoms with Crippen molar-refractivity contribution in [1.29, 1.82) is 0 Å². The lowest BCUT2D eigenvalue weighted by atomic mass is 10.0. The summed E-state index contributed by atoms with van der Waals surface area (Å²) in [4.78, 5) is 37.0. The second-order valence-corrected chi connectivity index (χ2v) is 6.84. The van der Waals surface area contributed by atoms with Gasteiger partial charge in [-0.05, 0) is 30.2 Å². The summed E-state index contributed by atoms with van der Waals surface area (Å²) in [5.74, 6) is -1.21. The van der Waals surface area contributed by atoms with Crippen molar-refractivity contribution in [3.8, 4) is 5.75 Å². The average Bonchev–Trinajstić information content (AvgIpc) is 2.54. The van der Waals surface area contributed by atoms with Crippen LogP contribution >= 0.6 is 11.8 Å². The number of nitrogens with one attached hydrogen (secondary N) is 1. The lowest BCUT2D eigenvalue weighted by molar-refractivity contribution is -0.150. The molecule has 0 aromatic heterocycles. The molecule has 8 heteroatoms. The van der Waals surface area contributed by atoms with Crippen LogP contribution in [0.15, 0.2) is 35.5 Å². The van der Waals surface area contributed by atoms with Crippen molar-refractivity contribution in [1.82, 2.24) is 10.2 Å². The Morgan fingerprint density at radius 3 is 2.62 bits per heavy atom. The largest absolute Gasteiger partial charge is 0.508 e. The molecule has 1 aromatic carbocycles. The van der Waals surface area contributed by atoms with E-state index >= 15 is 0 Å². The van der Waals surface area contributed by atoms with Crippen LogP contribution in [-0.4, -0.2) is 50.1 Å². The van der Waals surface area contributed by atoms with Crippen LogP contribution in [-0.2, 0) is 20.8 Å². The van der Waals surface area contributed by atoms with Gasteiger partial charge >= 0.3 is 5.97 Å². The molecule has 2 atom stereocenters. The van der Waals surface area contributed by atoms with Gasteiger partial charge in [0, 0.05) is 5.75 Å². The molecule has 1 aromatic rings. The Bertz CT molecular complexity index is 743. The lowest BCUT2D eigenvalue weighted by Gasteiger charge is -2.49. The first-order valence-electron chi connectivity index (χ1n) is 7.33. The van der Waals surface area contributed by atoms with Crippen molar-refractivity contribution in [2.24, 2.45) is 0 Å². The van der Waals surface area contributed by atoms with E-state index in [9.17, 15) is 24.6 Å². The Balaban J connectivity index is 1.66. The minimum absolute atomic E-state index is 0.0211. The lowest BCUT2D eigenvalue weighted by Crippen LogP contribution is -2.70. The number of benzene rings is 1.